The number of likely N-dealkylation sites (tertiary alicyclic amines) is 1. The fourth-order valence-corrected chi connectivity index (χ4v) is 5.02. The first-order valence-corrected chi connectivity index (χ1v) is 14.4. The summed E-state index contributed by atoms with van der Waals surface area (Å²) in [6.07, 6.45) is 10.1. The van der Waals surface area contributed by atoms with Gasteiger partial charge in [-0.15, -0.1) is 0 Å². The zero-order valence-corrected chi connectivity index (χ0v) is 23.2. The number of ketones is 1. The van der Waals surface area contributed by atoms with Crippen LogP contribution >= 0.6 is 0 Å². The third-order valence-corrected chi connectivity index (χ3v) is 7.16. The molecular formula is C33H41FN2O3. The third-order valence-electron chi connectivity index (χ3n) is 7.16. The van der Waals surface area contributed by atoms with Gasteiger partial charge in [0.05, 0.1) is 13.2 Å². The molecule has 2 aromatic carbocycles. The van der Waals surface area contributed by atoms with E-state index in [2.05, 4.69) is 9.88 Å². The first-order valence-electron chi connectivity index (χ1n) is 14.4. The molecule has 1 aliphatic heterocycles. The van der Waals surface area contributed by atoms with Crippen LogP contribution in [0.5, 0.6) is 11.5 Å². The normalized spacial score (nSPS) is 13.8. The Morgan fingerprint density at radius 2 is 1.69 bits per heavy atom. The standard InChI is InChI=1S/C33H41FN2O3/c1-2-38-32-15-11-27(12-16-32)28-10-13-30(35-25-28)24-31(37)14-9-26-21-29(34)23-33(22-26)39-20-8-4-7-19-36-17-5-3-6-18-36/h10-13,15-16,21-23,25H,2-9,14,17-20,24H2,1H3. The molecule has 5 nitrogen and oxygen atoms in total. The molecule has 0 saturated carbocycles. The zero-order chi connectivity index (χ0) is 27.3. The summed E-state index contributed by atoms with van der Waals surface area (Å²) < 4.78 is 25.5. The van der Waals surface area contributed by atoms with Crippen LogP contribution in [0.4, 0.5) is 4.39 Å². The van der Waals surface area contributed by atoms with Crippen LogP contribution in [0, 0.1) is 5.82 Å². The average molecular weight is 533 g/mol. The Hall–Kier alpha value is -3.25. The number of unbranched alkanes of at least 4 members (excludes halogenated alkanes) is 2. The average Bonchev–Trinajstić information content (AvgIpc) is 2.95. The molecule has 0 spiro atoms. The molecule has 2 heterocycles. The van der Waals surface area contributed by atoms with E-state index in [0.717, 1.165) is 41.0 Å². The number of aromatic nitrogens is 1. The number of carbonyl (C=O) groups excluding carboxylic acids is 1. The van der Waals surface area contributed by atoms with Gasteiger partial charge >= 0.3 is 0 Å². The van der Waals surface area contributed by atoms with Gasteiger partial charge in [-0.05, 0) is 107 Å². The molecule has 3 aromatic rings. The maximum absolute atomic E-state index is 14.2. The summed E-state index contributed by atoms with van der Waals surface area (Å²) in [5.41, 5.74) is 3.55. The highest BCUT2D eigenvalue weighted by atomic mass is 19.1. The van der Waals surface area contributed by atoms with E-state index in [1.165, 1.54) is 57.5 Å². The van der Waals surface area contributed by atoms with Crippen LogP contribution in [-0.2, 0) is 17.6 Å². The third kappa shape index (κ3) is 9.77. The summed E-state index contributed by atoms with van der Waals surface area (Å²) in [7, 11) is 0. The summed E-state index contributed by atoms with van der Waals surface area (Å²) in [6.45, 7) is 6.82. The Bertz CT molecular complexity index is 1160. The molecule has 0 radical (unpaired) electrons. The fourth-order valence-electron chi connectivity index (χ4n) is 5.02. The van der Waals surface area contributed by atoms with Gasteiger partial charge in [-0.2, -0.15) is 0 Å². The van der Waals surface area contributed by atoms with Gasteiger partial charge < -0.3 is 14.4 Å². The van der Waals surface area contributed by atoms with Crippen molar-refractivity contribution < 1.29 is 18.7 Å². The van der Waals surface area contributed by atoms with Gasteiger partial charge in [0.25, 0.3) is 0 Å². The van der Waals surface area contributed by atoms with Crippen molar-refractivity contribution in [3.8, 4) is 22.6 Å². The first kappa shape index (κ1) is 28.8. The minimum atomic E-state index is -0.327. The SMILES string of the molecule is CCOc1ccc(-c2ccc(CC(=O)CCc3cc(F)cc(OCCCCCN4CCCCC4)c3)nc2)cc1. The Morgan fingerprint density at radius 1 is 0.897 bits per heavy atom. The lowest BCUT2D eigenvalue weighted by Crippen LogP contribution is -2.30. The summed E-state index contributed by atoms with van der Waals surface area (Å²) in [6, 6.07) is 16.5. The summed E-state index contributed by atoms with van der Waals surface area (Å²) in [5.74, 6) is 1.13. The van der Waals surface area contributed by atoms with Crippen LogP contribution < -0.4 is 9.47 Å². The second-order valence-corrected chi connectivity index (χ2v) is 10.3. The number of rotatable bonds is 15. The number of halogens is 1. The van der Waals surface area contributed by atoms with Crippen LogP contribution in [0.2, 0.25) is 0 Å². The highest BCUT2D eigenvalue weighted by Crippen LogP contribution is 2.23. The second kappa shape index (κ2) is 15.4. The van der Waals surface area contributed by atoms with Crippen LogP contribution in [0.25, 0.3) is 11.1 Å². The number of hydrogen-bond acceptors (Lipinski definition) is 5. The Labute approximate surface area is 232 Å². The number of hydrogen-bond donors (Lipinski definition) is 0. The molecule has 0 N–H and O–H groups in total. The van der Waals surface area contributed by atoms with Crippen LogP contribution in [0.1, 0.15) is 63.1 Å². The summed E-state index contributed by atoms with van der Waals surface area (Å²) >= 11 is 0. The van der Waals surface area contributed by atoms with Gasteiger partial charge in [-0.1, -0.05) is 24.6 Å². The molecule has 0 atom stereocenters. The molecule has 0 amide bonds. The van der Waals surface area contributed by atoms with Crippen molar-refractivity contribution in [3.63, 3.8) is 0 Å². The molecule has 208 valence electrons. The number of benzene rings is 2. The maximum Gasteiger partial charge on any atom is 0.139 e. The molecule has 6 heteroatoms. The Balaban J connectivity index is 1.17. The van der Waals surface area contributed by atoms with E-state index in [9.17, 15) is 9.18 Å². The van der Waals surface area contributed by atoms with Crippen molar-refractivity contribution in [1.82, 2.24) is 9.88 Å². The van der Waals surface area contributed by atoms with Crippen molar-refractivity contribution in [1.29, 1.82) is 0 Å². The van der Waals surface area contributed by atoms with Crippen LogP contribution in [0.15, 0.2) is 60.8 Å². The highest BCUT2D eigenvalue weighted by molar-refractivity contribution is 5.80. The second-order valence-electron chi connectivity index (χ2n) is 10.3. The molecule has 1 aromatic heterocycles. The topological polar surface area (TPSA) is 51.7 Å². The number of Topliss-reactive ketones (excluding diaryl/α,β-unsaturated/α-hetero) is 1. The molecule has 1 saturated heterocycles. The van der Waals surface area contributed by atoms with Crippen LogP contribution in [0.3, 0.4) is 0 Å². The van der Waals surface area contributed by atoms with Crippen molar-refractivity contribution in [3.05, 3.63) is 77.9 Å². The summed E-state index contributed by atoms with van der Waals surface area (Å²) in [4.78, 5) is 19.7. The minimum Gasteiger partial charge on any atom is -0.494 e. The Morgan fingerprint density at radius 3 is 2.44 bits per heavy atom. The predicted octanol–water partition coefficient (Wildman–Crippen LogP) is 7.07. The maximum atomic E-state index is 14.2. The number of ether oxygens (including phenoxy) is 2. The van der Waals surface area contributed by atoms with E-state index in [1.54, 1.807) is 6.20 Å². The monoisotopic (exact) mass is 532 g/mol. The van der Waals surface area contributed by atoms with Gasteiger partial charge in [-0.3, -0.25) is 9.78 Å². The van der Waals surface area contributed by atoms with Crippen LogP contribution in [-0.4, -0.2) is 48.5 Å². The van der Waals surface area contributed by atoms with Gasteiger partial charge in [0, 0.05) is 36.4 Å². The molecule has 1 aliphatic rings. The quantitative estimate of drug-likeness (QED) is 0.196. The van der Waals surface area contributed by atoms with E-state index in [0.29, 0.717) is 31.8 Å². The van der Waals surface area contributed by atoms with E-state index in [1.807, 2.05) is 49.4 Å². The number of pyridine rings is 1. The van der Waals surface area contributed by atoms with E-state index >= 15 is 0 Å². The molecule has 0 bridgehead atoms. The lowest BCUT2D eigenvalue weighted by molar-refractivity contribution is -0.118. The zero-order valence-electron chi connectivity index (χ0n) is 23.2. The van der Waals surface area contributed by atoms with E-state index in [4.69, 9.17) is 9.47 Å². The smallest absolute Gasteiger partial charge is 0.139 e. The van der Waals surface area contributed by atoms with Crippen molar-refractivity contribution in [2.45, 2.75) is 64.7 Å². The minimum absolute atomic E-state index is 0.0803. The van der Waals surface area contributed by atoms with Crippen molar-refractivity contribution >= 4 is 5.78 Å². The lowest BCUT2D eigenvalue weighted by atomic mass is 10.0. The number of nitrogens with zero attached hydrogens (tertiary/aromatic N) is 2. The number of piperidine rings is 1. The lowest BCUT2D eigenvalue weighted by Gasteiger charge is -2.26. The number of carbonyl (C=O) groups is 1. The van der Waals surface area contributed by atoms with Crippen molar-refractivity contribution in [2.24, 2.45) is 0 Å². The predicted molar refractivity (Wildman–Crippen MR) is 154 cm³/mol. The Kier molecular flexibility index (Phi) is 11.3. The summed E-state index contributed by atoms with van der Waals surface area (Å²) in [5, 5.41) is 0. The van der Waals surface area contributed by atoms with Gasteiger partial charge in [0.2, 0.25) is 0 Å². The van der Waals surface area contributed by atoms with Crippen molar-refractivity contribution in [2.75, 3.05) is 32.8 Å². The van der Waals surface area contributed by atoms with Gasteiger partial charge in [-0.25, -0.2) is 4.39 Å². The largest absolute Gasteiger partial charge is 0.494 e. The fraction of sp³-hybridized carbons (Fsp3) is 0.455. The molecular weight excluding hydrogens is 491 g/mol. The molecule has 4 rings (SSSR count). The molecule has 39 heavy (non-hydrogen) atoms. The molecule has 0 unspecified atom stereocenters. The molecule has 1 fully saturated rings. The number of aryl methyl sites for hydroxylation is 1. The van der Waals surface area contributed by atoms with E-state index in [-0.39, 0.29) is 18.0 Å². The van der Waals surface area contributed by atoms with Gasteiger partial charge in [0.15, 0.2) is 0 Å². The van der Waals surface area contributed by atoms with Gasteiger partial charge in [0.1, 0.15) is 23.1 Å². The van der Waals surface area contributed by atoms with E-state index < -0.39 is 0 Å². The highest BCUT2D eigenvalue weighted by Gasteiger charge is 2.10. The first-order chi connectivity index (χ1) is 19.1. The molecule has 0 aliphatic carbocycles.